The smallest absolute Gasteiger partial charge is 0.246 e. The van der Waals surface area contributed by atoms with Crippen LogP contribution in [0.25, 0.3) is 5.69 Å². The fraction of sp³-hybridized carbons (Fsp3) is 0.381. The minimum absolute atomic E-state index is 0.283. The Labute approximate surface area is 167 Å². The summed E-state index contributed by atoms with van der Waals surface area (Å²) < 4.78 is 28.3. The van der Waals surface area contributed by atoms with Gasteiger partial charge < -0.3 is 10.2 Å². The van der Waals surface area contributed by atoms with Crippen LogP contribution in [0, 0.1) is 11.6 Å². The van der Waals surface area contributed by atoms with Gasteiger partial charge in [-0.2, -0.15) is 4.98 Å². The standard InChI is InChI=1S/C21H22F2N6/c22-15-8-16(23)10-18(9-15)29-13-24-21(27-29)25-17-11-19(14-4-5-14)26-20(12-17)28-6-2-1-3-7-28/h8-14H,1-7H2,(H,25,26,27). The van der Waals surface area contributed by atoms with Gasteiger partial charge in [0.1, 0.15) is 23.8 Å². The zero-order chi connectivity index (χ0) is 19.8. The third kappa shape index (κ3) is 4.06. The van der Waals surface area contributed by atoms with Crippen molar-refractivity contribution in [2.45, 2.75) is 38.0 Å². The Morgan fingerprint density at radius 3 is 2.41 bits per heavy atom. The number of nitrogens with zero attached hydrogens (tertiary/aromatic N) is 5. The molecule has 2 fully saturated rings. The van der Waals surface area contributed by atoms with Gasteiger partial charge in [0, 0.05) is 42.5 Å². The highest BCUT2D eigenvalue weighted by atomic mass is 19.1. The minimum Gasteiger partial charge on any atom is -0.357 e. The molecule has 1 aliphatic carbocycles. The molecule has 6 nitrogen and oxygen atoms in total. The second-order valence-electron chi connectivity index (χ2n) is 7.73. The summed E-state index contributed by atoms with van der Waals surface area (Å²) in [4.78, 5) is 11.5. The zero-order valence-electron chi connectivity index (χ0n) is 16.0. The van der Waals surface area contributed by atoms with Crippen LogP contribution >= 0.6 is 0 Å². The molecule has 0 amide bonds. The molecule has 1 aliphatic heterocycles. The van der Waals surface area contributed by atoms with Crippen LogP contribution < -0.4 is 10.2 Å². The Hall–Kier alpha value is -3.03. The molecule has 0 unspecified atom stereocenters. The lowest BCUT2D eigenvalue weighted by Crippen LogP contribution is -2.30. The molecular formula is C21H22F2N6. The number of nitrogens with one attached hydrogen (secondary N) is 1. The van der Waals surface area contributed by atoms with Gasteiger partial charge in [-0.15, -0.1) is 5.10 Å². The second kappa shape index (κ2) is 7.42. The fourth-order valence-electron chi connectivity index (χ4n) is 3.73. The van der Waals surface area contributed by atoms with E-state index in [1.165, 1.54) is 55.2 Å². The van der Waals surface area contributed by atoms with Crippen LogP contribution in [-0.4, -0.2) is 32.8 Å². The van der Waals surface area contributed by atoms with E-state index in [0.717, 1.165) is 36.4 Å². The average Bonchev–Trinajstić information content (AvgIpc) is 3.47. The number of anilines is 3. The molecule has 1 N–H and O–H groups in total. The highest BCUT2D eigenvalue weighted by Gasteiger charge is 2.27. The summed E-state index contributed by atoms with van der Waals surface area (Å²) in [7, 11) is 0. The van der Waals surface area contributed by atoms with Crippen LogP contribution in [0.1, 0.15) is 43.7 Å². The van der Waals surface area contributed by atoms with Crippen molar-refractivity contribution in [3.05, 3.63) is 54.0 Å². The normalized spacial score (nSPS) is 16.8. The molecule has 8 heteroatoms. The summed E-state index contributed by atoms with van der Waals surface area (Å²) in [6, 6.07) is 7.34. The van der Waals surface area contributed by atoms with Gasteiger partial charge in [-0.05, 0) is 50.3 Å². The van der Waals surface area contributed by atoms with Crippen molar-refractivity contribution in [1.29, 1.82) is 0 Å². The first kappa shape index (κ1) is 18.0. The molecule has 2 aromatic heterocycles. The molecular weight excluding hydrogens is 374 g/mol. The van der Waals surface area contributed by atoms with Crippen molar-refractivity contribution in [2.24, 2.45) is 0 Å². The number of aromatic nitrogens is 4. The molecule has 29 heavy (non-hydrogen) atoms. The molecule has 0 radical (unpaired) electrons. The monoisotopic (exact) mass is 396 g/mol. The summed E-state index contributed by atoms with van der Waals surface area (Å²) in [6.45, 7) is 2.05. The number of hydrogen-bond donors (Lipinski definition) is 1. The van der Waals surface area contributed by atoms with Gasteiger partial charge in [0.15, 0.2) is 0 Å². The Bertz CT molecular complexity index is 1000. The Kier molecular flexibility index (Phi) is 4.61. The van der Waals surface area contributed by atoms with E-state index in [0.29, 0.717) is 11.9 Å². The summed E-state index contributed by atoms with van der Waals surface area (Å²) >= 11 is 0. The maximum atomic E-state index is 13.5. The van der Waals surface area contributed by atoms with E-state index in [1.54, 1.807) is 0 Å². The third-order valence-corrected chi connectivity index (χ3v) is 5.37. The Morgan fingerprint density at radius 1 is 0.931 bits per heavy atom. The third-order valence-electron chi connectivity index (χ3n) is 5.37. The summed E-state index contributed by atoms with van der Waals surface area (Å²) in [5, 5.41) is 7.55. The van der Waals surface area contributed by atoms with Crippen molar-refractivity contribution in [3.8, 4) is 5.69 Å². The molecule has 3 heterocycles. The first-order valence-corrected chi connectivity index (χ1v) is 10.1. The number of benzene rings is 1. The quantitative estimate of drug-likeness (QED) is 0.686. The Morgan fingerprint density at radius 2 is 1.69 bits per heavy atom. The van der Waals surface area contributed by atoms with Gasteiger partial charge >= 0.3 is 0 Å². The molecule has 1 aromatic carbocycles. The van der Waals surface area contributed by atoms with E-state index in [-0.39, 0.29) is 5.69 Å². The molecule has 0 atom stereocenters. The zero-order valence-corrected chi connectivity index (χ0v) is 16.0. The van der Waals surface area contributed by atoms with Crippen molar-refractivity contribution in [3.63, 3.8) is 0 Å². The van der Waals surface area contributed by atoms with Gasteiger partial charge in [-0.1, -0.05) is 0 Å². The largest absolute Gasteiger partial charge is 0.357 e. The molecule has 1 saturated carbocycles. The second-order valence-corrected chi connectivity index (χ2v) is 7.73. The highest BCUT2D eigenvalue weighted by Crippen LogP contribution is 2.41. The van der Waals surface area contributed by atoms with Gasteiger partial charge in [0.25, 0.3) is 0 Å². The van der Waals surface area contributed by atoms with Gasteiger partial charge in [-0.25, -0.2) is 18.4 Å². The number of halogens is 2. The Balaban J connectivity index is 1.41. The van der Waals surface area contributed by atoms with E-state index in [1.807, 2.05) is 12.1 Å². The summed E-state index contributed by atoms with van der Waals surface area (Å²) in [6.07, 6.45) is 7.43. The van der Waals surface area contributed by atoms with Crippen LogP contribution in [0.15, 0.2) is 36.7 Å². The summed E-state index contributed by atoms with van der Waals surface area (Å²) in [5.74, 6) is 0.579. The van der Waals surface area contributed by atoms with Crippen molar-refractivity contribution < 1.29 is 8.78 Å². The first-order valence-electron chi connectivity index (χ1n) is 10.1. The van der Waals surface area contributed by atoms with Crippen LogP contribution in [0.3, 0.4) is 0 Å². The molecule has 3 aromatic rings. The van der Waals surface area contributed by atoms with E-state index in [9.17, 15) is 8.78 Å². The number of rotatable bonds is 5. The van der Waals surface area contributed by atoms with Crippen molar-refractivity contribution in [1.82, 2.24) is 19.7 Å². The van der Waals surface area contributed by atoms with Crippen LogP contribution in [-0.2, 0) is 0 Å². The van der Waals surface area contributed by atoms with Gasteiger partial charge in [0.05, 0.1) is 5.69 Å². The molecule has 0 bridgehead atoms. The SMILES string of the molecule is Fc1cc(F)cc(-n2cnc(Nc3cc(C4CC4)nc(N4CCCCC4)c3)n2)c1. The number of pyridine rings is 1. The predicted molar refractivity (Wildman–Crippen MR) is 107 cm³/mol. The maximum Gasteiger partial charge on any atom is 0.246 e. The molecule has 1 saturated heterocycles. The van der Waals surface area contributed by atoms with E-state index in [4.69, 9.17) is 4.98 Å². The topological polar surface area (TPSA) is 58.9 Å². The average molecular weight is 396 g/mol. The van der Waals surface area contributed by atoms with Gasteiger partial charge in [0.2, 0.25) is 5.95 Å². The van der Waals surface area contributed by atoms with Crippen LogP contribution in [0.5, 0.6) is 0 Å². The number of piperidine rings is 1. The van der Waals surface area contributed by atoms with Crippen molar-refractivity contribution in [2.75, 3.05) is 23.3 Å². The predicted octanol–water partition coefficient (Wildman–Crippen LogP) is 4.55. The van der Waals surface area contributed by atoms with Crippen molar-refractivity contribution >= 4 is 17.5 Å². The van der Waals surface area contributed by atoms with Crippen LogP contribution in [0.4, 0.5) is 26.2 Å². The van der Waals surface area contributed by atoms with E-state index in [2.05, 4.69) is 20.3 Å². The molecule has 0 spiro atoms. The highest BCUT2D eigenvalue weighted by molar-refractivity contribution is 5.60. The maximum absolute atomic E-state index is 13.5. The molecule has 5 rings (SSSR count). The molecule has 2 aliphatic rings. The lowest BCUT2D eigenvalue weighted by atomic mass is 10.1. The lowest BCUT2D eigenvalue weighted by Gasteiger charge is -2.28. The fourth-order valence-corrected chi connectivity index (χ4v) is 3.73. The van der Waals surface area contributed by atoms with Gasteiger partial charge in [-0.3, -0.25) is 0 Å². The number of hydrogen-bond acceptors (Lipinski definition) is 5. The lowest BCUT2D eigenvalue weighted by molar-refractivity contribution is 0.573. The molecule has 150 valence electrons. The first-order chi connectivity index (χ1) is 14.1. The van der Waals surface area contributed by atoms with E-state index >= 15 is 0 Å². The minimum atomic E-state index is -0.653. The van der Waals surface area contributed by atoms with Crippen LogP contribution in [0.2, 0.25) is 0 Å². The summed E-state index contributed by atoms with van der Waals surface area (Å²) in [5.41, 5.74) is 2.26. The van der Waals surface area contributed by atoms with E-state index < -0.39 is 11.6 Å².